The lowest BCUT2D eigenvalue weighted by Gasteiger charge is -2.54. The fourth-order valence-electron chi connectivity index (χ4n) is 3.45. The Morgan fingerprint density at radius 3 is 2.87 bits per heavy atom. The normalized spacial score (nSPS) is 35.7. The summed E-state index contributed by atoms with van der Waals surface area (Å²) < 4.78 is 0. The average molecular weight is 203 g/mol. The van der Waals surface area contributed by atoms with E-state index in [4.69, 9.17) is 0 Å². The summed E-state index contributed by atoms with van der Waals surface area (Å²) in [6.07, 6.45) is 7.70. The highest BCUT2D eigenvalue weighted by Crippen LogP contribution is 2.61. The van der Waals surface area contributed by atoms with E-state index in [0.29, 0.717) is 0 Å². The zero-order chi connectivity index (χ0) is 10.3. The van der Waals surface area contributed by atoms with Crippen LogP contribution < -0.4 is 0 Å². The van der Waals surface area contributed by atoms with Crippen molar-refractivity contribution in [1.29, 1.82) is 0 Å². The van der Waals surface area contributed by atoms with Gasteiger partial charge in [0.15, 0.2) is 0 Å². The summed E-state index contributed by atoms with van der Waals surface area (Å²) in [5.74, 6) is 0.886. The van der Waals surface area contributed by atoms with Crippen molar-refractivity contribution in [1.82, 2.24) is 4.98 Å². The van der Waals surface area contributed by atoms with Gasteiger partial charge in [0.2, 0.25) is 0 Å². The molecule has 0 radical (unpaired) electrons. The fraction of sp³-hybridized carbons (Fsp3) is 0.615. The molecule has 15 heavy (non-hydrogen) atoms. The first kappa shape index (κ1) is 9.34. The summed E-state index contributed by atoms with van der Waals surface area (Å²) >= 11 is 0. The zero-order valence-electron chi connectivity index (χ0n) is 8.89. The molecular formula is C13H17NO. The van der Waals surface area contributed by atoms with Crippen LogP contribution in [0.4, 0.5) is 0 Å². The van der Waals surface area contributed by atoms with E-state index in [1.165, 1.54) is 32.1 Å². The second kappa shape index (κ2) is 3.31. The van der Waals surface area contributed by atoms with Crippen LogP contribution in [0.3, 0.4) is 0 Å². The quantitative estimate of drug-likeness (QED) is 0.801. The van der Waals surface area contributed by atoms with Gasteiger partial charge in [-0.3, -0.25) is 4.98 Å². The third-order valence-corrected chi connectivity index (χ3v) is 4.23. The van der Waals surface area contributed by atoms with Gasteiger partial charge in [-0.15, -0.1) is 0 Å². The maximum Gasteiger partial charge on any atom is 0.102 e. The first-order valence-electron chi connectivity index (χ1n) is 5.89. The molecule has 1 heterocycles. The second-order valence-corrected chi connectivity index (χ2v) is 5.19. The lowest BCUT2D eigenvalue weighted by atomic mass is 9.51. The summed E-state index contributed by atoms with van der Waals surface area (Å²) in [7, 11) is 0. The van der Waals surface area contributed by atoms with Crippen molar-refractivity contribution < 1.29 is 5.11 Å². The standard InChI is InChI=1S/C13H17NO/c15-12(11-5-1-2-7-14-11)13-6-3-4-10(8-13)9-13/h1-2,5,7,10,12,15H,3-4,6,8-9H2. The predicted octanol–water partition coefficient (Wildman–Crippen LogP) is 2.70. The van der Waals surface area contributed by atoms with Crippen LogP contribution in [0.15, 0.2) is 24.4 Å². The first-order chi connectivity index (χ1) is 7.30. The van der Waals surface area contributed by atoms with Gasteiger partial charge in [0.05, 0.1) is 5.69 Å². The molecule has 2 heteroatoms. The third kappa shape index (κ3) is 1.39. The number of rotatable bonds is 2. The van der Waals surface area contributed by atoms with Crippen molar-refractivity contribution in [3.63, 3.8) is 0 Å². The Morgan fingerprint density at radius 1 is 1.40 bits per heavy atom. The molecule has 1 aromatic heterocycles. The Balaban J connectivity index is 1.83. The van der Waals surface area contributed by atoms with Crippen molar-refractivity contribution in [2.75, 3.05) is 0 Å². The number of hydrogen-bond donors (Lipinski definition) is 1. The van der Waals surface area contributed by atoms with E-state index in [-0.39, 0.29) is 11.5 Å². The van der Waals surface area contributed by atoms with Gasteiger partial charge in [-0.1, -0.05) is 18.9 Å². The highest BCUT2D eigenvalue weighted by molar-refractivity contribution is 5.14. The van der Waals surface area contributed by atoms with Gasteiger partial charge in [0.1, 0.15) is 6.10 Å². The molecule has 1 atom stereocenters. The van der Waals surface area contributed by atoms with Crippen LogP contribution in [-0.2, 0) is 0 Å². The van der Waals surface area contributed by atoms with Crippen molar-refractivity contribution in [2.45, 2.75) is 38.2 Å². The van der Waals surface area contributed by atoms with Gasteiger partial charge in [-0.25, -0.2) is 0 Å². The van der Waals surface area contributed by atoms with Crippen LogP contribution in [0, 0.1) is 11.3 Å². The fourth-order valence-corrected chi connectivity index (χ4v) is 3.45. The molecule has 0 spiro atoms. The number of fused-ring (bicyclic) bond motifs is 2. The molecule has 4 rings (SSSR count). The lowest BCUT2D eigenvalue weighted by molar-refractivity contribution is -0.108. The third-order valence-electron chi connectivity index (χ3n) is 4.23. The van der Waals surface area contributed by atoms with Crippen LogP contribution >= 0.6 is 0 Å². The van der Waals surface area contributed by atoms with Crippen LogP contribution in [0.5, 0.6) is 0 Å². The van der Waals surface area contributed by atoms with Gasteiger partial charge >= 0.3 is 0 Å². The minimum Gasteiger partial charge on any atom is -0.386 e. The second-order valence-electron chi connectivity index (χ2n) is 5.19. The Hall–Kier alpha value is -0.890. The van der Waals surface area contributed by atoms with E-state index < -0.39 is 0 Å². The van der Waals surface area contributed by atoms with E-state index >= 15 is 0 Å². The summed E-state index contributed by atoms with van der Waals surface area (Å²) in [6.45, 7) is 0. The van der Waals surface area contributed by atoms with Gasteiger partial charge in [0, 0.05) is 11.6 Å². The molecule has 2 bridgehead atoms. The molecule has 0 aromatic carbocycles. The Labute approximate surface area is 90.4 Å². The van der Waals surface area contributed by atoms with Crippen molar-refractivity contribution >= 4 is 0 Å². The number of aliphatic hydroxyl groups is 1. The minimum absolute atomic E-state index is 0.178. The number of aliphatic hydroxyl groups excluding tert-OH is 1. The van der Waals surface area contributed by atoms with Crippen molar-refractivity contribution in [3.05, 3.63) is 30.1 Å². The monoisotopic (exact) mass is 203 g/mol. The molecule has 0 amide bonds. The van der Waals surface area contributed by atoms with Gasteiger partial charge in [0.25, 0.3) is 0 Å². The van der Waals surface area contributed by atoms with E-state index in [1.54, 1.807) is 6.20 Å². The number of hydrogen-bond acceptors (Lipinski definition) is 2. The molecule has 0 aliphatic heterocycles. The summed E-state index contributed by atoms with van der Waals surface area (Å²) in [6, 6.07) is 5.81. The van der Waals surface area contributed by atoms with Gasteiger partial charge < -0.3 is 5.11 Å². The van der Waals surface area contributed by atoms with Crippen molar-refractivity contribution in [3.8, 4) is 0 Å². The molecule has 0 saturated heterocycles. The average Bonchev–Trinajstić information content (AvgIpc) is 2.29. The van der Waals surface area contributed by atoms with Crippen LogP contribution in [-0.4, -0.2) is 10.1 Å². The molecule has 3 fully saturated rings. The van der Waals surface area contributed by atoms with Crippen molar-refractivity contribution in [2.24, 2.45) is 11.3 Å². The SMILES string of the molecule is OC(c1ccccn1)C12CCCC(C1)C2. The van der Waals surface area contributed by atoms with E-state index in [0.717, 1.165) is 11.6 Å². The number of aromatic nitrogens is 1. The predicted molar refractivity (Wildman–Crippen MR) is 58.2 cm³/mol. The van der Waals surface area contributed by atoms with E-state index in [9.17, 15) is 5.11 Å². The maximum absolute atomic E-state index is 10.4. The molecule has 1 N–H and O–H groups in total. The van der Waals surface area contributed by atoms with Crippen LogP contribution in [0.1, 0.15) is 43.9 Å². The maximum atomic E-state index is 10.4. The van der Waals surface area contributed by atoms with Gasteiger partial charge in [-0.05, 0) is 37.3 Å². The van der Waals surface area contributed by atoms with Crippen LogP contribution in [0.2, 0.25) is 0 Å². The topological polar surface area (TPSA) is 33.1 Å². The summed E-state index contributed by atoms with van der Waals surface area (Å²) in [5.41, 5.74) is 1.04. The van der Waals surface area contributed by atoms with Gasteiger partial charge in [-0.2, -0.15) is 0 Å². The highest BCUT2D eigenvalue weighted by Gasteiger charge is 2.51. The molecule has 3 aliphatic carbocycles. The Bertz CT molecular complexity index is 337. The molecule has 1 unspecified atom stereocenters. The van der Waals surface area contributed by atoms with E-state index in [1.807, 2.05) is 18.2 Å². The summed E-state index contributed by atoms with van der Waals surface area (Å²) in [4.78, 5) is 4.27. The highest BCUT2D eigenvalue weighted by atomic mass is 16.3. The molecular weight excluding hydrogens is 186 g/mol. The molecule has 3 aliphatic rings. The molecule has 2 nitrogen and oxygen atoms in total. The first-order valence-corrected chi connectivity index (χ1v) is 5.89. The van der Waals surface area contributed by atoms with Crippen LogP contribution in [0.25, 0.3) is 0 Å². The molecule has 1 aromatic rings. The number of pyridine rings is 1. The van der Waals surface area contributed by atoms with E-state index in [2.05, 4.69) is 4.98 Å². The summed E-state index contributed by atoms with van der Waals surface area (Å²) in [5, 5.41) is 10.4. The molecule has 80 valence electrons. The zero-order valence-corrected chi connectivity index (χ0v) is 8.89. The lowest BCUT2D eigenvalue weighted by Crippen LogP contribution is -2.45. The molecule has 3 saturated carbocycles. The Kier molecular flexibility index (Phi) is 2.06. The smallest absolute Gasteiger partial charge is 0.102 e. The Morgan fingerprint density at radius 2 is 2.27 bits per heavy atom. The number of nitrogens with zero attached hydrogens (tertiary/aromatic N) is 1. The minimum atomic E-state index is -0.338. The largest absolute Gasteiger partial charge is 0.386 e.